The molecule has 0 aliphatic carbocycles. The van der Waals surface area contributed by atoms with Gasteiger partial charge in [-0.1, -0.05) is 0 Å². The van der Waals surface area contributed by atoms with Crippen LogP contribution in [0.15, 0.2) is 0 Å². The van der Waals surface area contributed by atoms with Crippen molar-refractivity contribution >= 4 is 12.0 Å². The third kappa shape index (κ3) is 5.75. The summed E-state index contributed by atoms with van der Waals surface area (Å²) in [5, 5.41) is 11.1. The van der Waals surface area contributed by atoms with Gasteiger partial charge in [-0.05, 0) is 27.7 Å². The lowest BCUT2D eigenvalue weighted by molar-refractivity contribution is -0.170. The molecule has 1 saturated heterocycles. The summed E-state index contributed by atoms with van der Waals surface area (Å²) in [6, 6.07) is -0.187. The molecule has 0 unspecified atom stereocenters. The molecule has 116 valence electrons. The van der Waals surface area contributed by atoms with Gasteiger partial charge in [0.15, 0.2) is 0 Å². The van der Waals surface area contributed by atoms with Crippen LogP contribution in [0.1, 0.15) is 27.7 Å². The highest BCUT2D eigenvalue weighted by molar-refractivity contribution is 5.74. The first-order valence-corrected chi connectivity index (χ1v) is 6.64. The molecule has 1 fully saturated rings. The van der Waals surface area contributed by atoms with Crippen LogP contribution in [0.2, 0.25) is 0 Å². The van der Waals surface area contributed by atoms with Crippen LogP contribution in [-0.2, 0) is 14.3 Å². The van der Waals surface area contributed by atoms with E-state index in [2.05, 4.69) is 5.32 Å². The number of amides is 2. The van der Waals surface area contributed by atoms with Gasteiger partial charge in [0.2, 0.25) is 0 Å². The quantitative estimate of drug-likeness (QED) is 0.727. The van der Waals surface area contributed by atoms with E-state index in [1.54, 1.807) is 4.90 Å². The van der Waals surface area contributed by atoms with E-state index in [1.807, 2.05) is 27.7 Å². The summed E-state index contributed by atoms with van der Waals surface area (Å²) < 4.78 is 10.8. The molecule has 7 nitrogen and oxygen atoms in total. The van der Waals surface area contributed by atoms with Gasteiger partial charge in [0.05, 0.1) is 30.9 Å². The Balaban J connectivity index is 2.37. The first-order chi connectivity index (χ1) is 9.11. The summed E-state index contributed by atoms with van der Waals surface area (Å²) in [6.07, 6.45) is 0. The van der Waals surface area contributed by atoms with Crippen LogP contribution in [0.4, 0.5) is 4.79 Å². The fourth-order valence-corrected chi connectivity index (χ4v) is 2.43. The Morgan fingerprint density at radius 1 is 1.25 bits per heavy atom. The maximum atomic E-state index is 12.1. The number of carbonyl (C=O) groups is 2. The van der Waals surface area contributed by atoms with Crippen LogP contribution >= 0.6 is 0 Å². The number of hydrogen-bond acceptors (Lipinski definition) is 4. The van der Waals surface area contributed by atoms with E-state index in [9.17, 15) is 9.59 Å². The highest BCUT2D eigenvalue weighted by Crippen LogP contribution is 2.27. The van der Waals surface area contributed by atoms with Crippen LogP contribution in [0, 0.1) is 0 Å². The fraction of sp³-hybridized carbons (Fsp3) is 0.846. The van der Waals surface area contributed by atoms with Crippen molar-refractivity contribution in [1.82, 2.24) is 10.2 Å². The number of hydrogen-bond donors (Lipinski definition) is 2. The maximum Gasteiger partial charge on any atom is 0.329 e. The number of morpholine rings is 1. The molecule has 1 aliphatic heterocycles. The Kier molecular flexibility index (Phi) is 5.35. The van der Waals surface area contributed by atoms with Gasteiger partial charge in [0.1, 0.15) is 6.61 Å². The predicted molar refractivity (Wildman–Crippen MR) is 72.7 cm³/mol. The molecular weight excluding hydrogens is 264 g/mol. The van der Waals surface area contributed by atoms with Crippen LogP contribution in [0.5, 0.6) is 0 Å². The minimum absolute atomic E-state index is 0.176. The van der Waals surface area contributed by atoms with E-state index in [1.165, 1.54) is 0 Å². The van der Waals surface area contributed by atoms with Crippen molar-refractivity contribution in [3.8, 4) is 0 Å². The van der Waals surface area contributed by atoms with Crippen LogP contribution in [0.3, 0.4) is 0 Å². The molecule has 0 aromatic rings. The zero-order chi connectivity index (χ0) is 15.4. The Morgan fingerprint density at radius 2 is 1.80 bits per heavy atom. The van der Waals surface area contributed by atoms with Gasteiger partial charge in [0.25, 0.3) is 0 Å². The molecule has 20 heavy (non-hydrogen) atoms. The molecule has 0 radical (unpaired) electrons. The topological polar surface area (TPSA) is 88.1 Å². The van der Waals surface area contributed by atoms with Crippen LogP contribution < -0.4 is 5.32 Å². The number of nitrogens with zero attached hydrogens (tertiary/aromatic N) is 1. The molecule has 0 spiro atoms. The molecule has 0 bridgehead atoms. The average molecular weight is 288 g/mol. The Labute approximate surface area is 119 Å². The second-order valence-electron chi connectivity index (χ2n) is 6.16. The van der Waals surface area contributed by atoms with E-state index in [4.69, 9.17) is 14.6 Å². The fourth-order valence-electron chi connectivity index (χ4n) is 2.43. The van der Waals surface area contributed by atoms with E-state index < -0.39 is 5.97 Å². The molecule has 0 aromatic heterocycles. The first-order valence-electron chi connectivity index (χ1n) is 6.64. The standard InChI is InChI=1S/C13H24N2O5/c1-12(2)8-15(9-13(3,4)20-12)11(18)14-5-6-19-7-10(16)17/h5-9H2,1-4H3,(H,14,18)(H,16,17). The van der Waals surface area contributed by atoms with Crippen LogP contribution in [0.25, 0.3) is 0 Å². The van der Waals surface area contributed by atoms with Crippen molar-refractivity contribution in [2.24, 2.45) is 0 Å². The van der Waals surface area contributed by atoms with Gasteiger partial charge in [-0.25, -0.2) is 9.59 Å². The smallest absolute Gasteiger partial charge is 0.329 e. The van der Waals surface area contributed by atoms with Gasteiger partial charge in [-0.3, -0.25) is 0 Å². The molecule has 1 rings (SSSR count). The van der Waals surface area contributed by atoms with E-state index >= 15 is 0 Å². The van der Waals surface area contributed by atoms with Crippen molar-refractivity contribution in [2.45, 2.75) is 38.9 Å². The molecule has 0 aromatic carbocycles. The maximum absolute atomic E-state index is 12.1. The van der Waals surface area contributed by atoms with Gasteiger partial charge < -0.3 is 24.8 Å². The van der Waals surface area contributed by atoms with Crippen molar-refractivity contribution in [1.29, 1.82) is 0 Å². The van der Waals surface area contributed by atoms with Gasteiger partial charge >= 0.3 is 12.0 Å². The second-order valence-corrected chi connectivity index (χ2v) is 6.16. The monoisotopic (exact) mass is 288 g/mol. The van der Waals surface area contributed by atoms with Crippen molar-refractivity contribution < 1.29 is 24.2 Å². The summed E-state index contributed by atoms with van der Waals surface area (Å²) in [7, 11) is 0. The number of carbonyl (C=O) groups excluding carboxylic acids is 1. The molecule has 2 N–H and O–H groups in total. The normalized spacial score (nSPS) is 20.5. The Hall–Kier alpha value is -1.34. The molecule has 7 heteroatoms. The molecule has 2 amide bonds. The van der Waals surface area contributed by atoms with Gasteiger partial charge in [-0.2, -0.15) is 0 Å². The largest absolute Gasteiger partial charge is 0.480 e. The number of rotatable bonds is 5. The highest BCUT2D eigenvalue weighted by Gasteiger charge is 2.39. The second kappa shape index (κ2) is 6.41. The Bertz CT molecular complexity index is 352. The number of aliphatic carboxylic acids is 1. The third-order valence-corrected chi connectivity index (χ3v) is 2.73. The van der Waals surface area contributed by atoms with E-state index in [-0.39, 0.29) is 37.0 Å². The summed E-state index contributed by atoms with van der Waals surface area (Å²) >= 11 is 0. The molecule has 1 heterocycles. The number of nitrogens with one attached hydrogen (secondary N) is 1. The minimum Gasteiger partial charge on any atom is -0.480 e. The summed E-state index contributed by atoms with van der Waals surface area (Å²) in [5.41, 5.74) is -0.780. The Morgan fingerprint density at radius 3 is 2.30 bits per heavy atom. The first kappa shape index (κ1) is 16.7. The third-order valence-electron chi connectivity index (χ3n) is 2.73. The average Bonchev–Trinajstić information content (AvgIpc) is 2.23. The number of carboxylic acid groups (broad SMARTS) is 1. The molecular formula is C13H24N2O5. The lowest BCUT2D eigenvalue weighted by Gasteiger charge is -2.46. The van der Waals surface area contributed by atoms with E-state index in [0.717, 1.165) is 0 Å². The highest BCUT2D eigenvalue weighted by atomic mass is 16.5. The summed E-state index contributed by atoms with van der Waals surface area (Å²) in [5.74, 6) is -1.02. The van der Waals surface area contributed by atoms with Crippen LogP contribution in [-0.4, -0.2) is 66.1 Å². The van der Waals surface area contributed by atoms with Gasteiger partial charge in [0, 0.05) is 6.54 Å². The number of carboxylic acids is 1. The predicted octanol–water partition coefficient (Wildman–Crippen LogP) is 0.687. The molecule has 0 atom stereocenters. The number of ether oxygens (including phenoxy) is 2. The van der Waals surface area contributed by atoms with Crippen molar-refractivity contribution in [2.75, 3.05) is 32.8 Å². The zero-order valence-electron chi connectivity index (χ0n) is 12.6. The number of urea groups is 1. The summed E-state index contributed by atoms with van der Waals surface area (Å²) in [4.78, 5) is 24.0. The van der Waals surface area contributed by atoms with Crippen molar-refractivity contribution in [3.05, 3.63) is 0 Å². The molecule has 1 aliphatic rings. The van der Waals surface area contributed by atoms with Crippen molar-refractivity contribution in [3.63, 3.8) is 0 Å². The molecule has 0 saturated carbocycles. The zero-order valence-corrected chi connectivity index (χ0v) is 12.6. The SMILES string of the molecule is CC1(C)CN(C(=O)NCCOCC(=O)O)CC(C)(C)O1. The lowest BCUT2D eigenvalue weighted by Crippen LogP contribution is -2.60. The minimum atomic E-state index is -1.02. The lowest BCUT2D eigenvalue weighted by atomic mass is 9.99. The summed E-state index contributed by atoms with van der Waals surface area (Å²) in [6.45, 7) is 8.92. The van der Waals surface area contributed by atoms with Gasteiger partial charge in [-0.15, -0.1) is 0 Å². The van der Waals surface area contributed by atoms with E-state index in [0.29, 0.717) is 13.1 Å².